The van der Waals surface area contributed by atoms with E-state index in [1.54, 1.807) is 154 Å². The zero-order valence-electron chi connectivity index (χ0n) is 79.1. The van der Waals surface area contributed by atoms with E-state index in [0.29, 0.717) is 36.2 Å². The average Bonchev–Trinajstić information content (AvgIpc) is 0.832. The van der Waals surface area contributed by atoms with Gasteiger partial charge >= 0.3 is 0 Å². The van der Waals surface area contributed by atoms with Crippen LogP contribution < -0.4 is 0 Å². The maximum Gasteiger partial charge on any atom is 0.129 e. The Kier molecular flexibility index (Phi) is 82.0. The highest BCUT2D eigenvalue weighted by Crippen LogP contribution is 2.27. The molecule has 0 aromatic heterocycles. The van der Waals surface area contributed by atoms with Gasteiger partial charge in [-0.15, -0.1) is 6.58 Å². The van der Waals surface area contributed by atoms with E-state index in [2.05, 4.69) is 112 Å². The minimum Gasteiger partial charge on any atom is -0.389 e. The Balaban J connectivity index is -0.000000112. The second-order valence-electron chi connectivity index (χ2n) is 30.6. The number of nitrogens with one attached hydrogen (secondary N) is 6. The smallest absolute Gasteiger partial charge is 0.129 e. The highest BCUT2D eigenvalue weighted by atomic mass is 28.3. The van der Waals surface area contributed by atoms with Gasteiger partial charge in [0.15, 0.2) is 0 Å². The molecule has 0 aliphatic carbocycles. The Morgan fingerprint density at radius 2 is 0.598 bits per heavy atom. The van der Waals surface area contributed by atoms with Crippen LogP contribution in [0.4, 0.5) is 0 Å². The van der Waals surface area contributed by atoms with Crippen LogP contribution in [0.2, 0.25) is 75.5 Å². The van der Waals surface area contributed by atoms with Crippen molar-refractivity contribution in [3.8, 4) is 0 Å². The first-order valence-electron chi connectivity index (χ1n) is 38.1. The third kappa shape index (κ3) is 59.9. The largest absolute Gasteiger partial charge is 0.389 e. The summed E-state index contributed by atoms with van der Waals surface area (Å²) in [5, 5.41) is 146. The lowest BCUT2D eigenvalue weighted by atomic mass is 10.2. The zero-order chi connectivity index (χ0) is 92.2. The molecule has 37 heteroatoms. The monoisotopic (exact) mass is 1680 g/mol. The molecule has 0 spiro atoms. The predicted molar refractivity (Wildman–Crippen MR) is 495 cm³/mol. The molecule has 0 aromatic rings. The first-order valence-corrected chi connectivity index (χ1v) is 50.6. The molecule has 9 atom stereocenters. The van der Waals surface area contributed by atoms with E-state index < -0.39 is 74.3 Å². The molecule has 0 saturated heterocycles. The summed E-state index contributed by atoms with van der Waals surface area (Å²) in [7, 11) is 42.0. The number of aliphatic hydroxyl groups excluding tert-OH is 11. The van der Waals surface area contributed by atoms with Gasteiger partial charge in [-0.05, 0) is 26.7 Å². The number of hydrogen-bond donors (Lipinski definition) is 17. The molecule has 33 nitrogen and oxygen atoms in total. The molecule has 0 aliphatic rings. The van der Waals surface area contributed by atoms with Crippen molar-refractivity contribution in [3.05, 3.63) is 12.7 Å². The number of aliphatic hydroxyl groups is 11. The minimum absolute atomic E-state index is 0.0174. The summed E-state index contributed by atoms with van der Waals surface area (Å²) in [4.78, 5) is 38.8. The van der Waals surface area contributed by atoms with Gasteiger partial charge in [0.2, 0.25) is 0 Å². The molecule has 112 heavy (non-hydrogen) atoms. The molecule has 0 bridgehead atoms. The summed E-state index contributed by atoms with van der Waals surface area (Å²) in [6, 6.07) is 6.52. The number of likely N-dealkylation sites (N-methyl/N-ethyl adjacent to an activating group) is 11. The number of nitrogens with zero attached hydrogens (tertiary/aromatic N) is 16. The molecule has 0 radical (unpaired) electrons. The van der Waals surface area contributed by atoms with Crippen molar-refractivity contribution in [3.63, 3.8) is 0 Å². The fourth-order valence-electron chi connectivity index (χ4n) is 9.03. The third-order valence-corrected chi connectivity index (χ3v) is 32.6. The van der Waals surface area contributed by atoms with E-state index in [9.17, 15) is 25.5 Å². The van der Waals surface area contributed by atoms with Gasteiger partial charge in [0.1, 0.15) is 119 Å². The summed E-state index contributed by atoms with van der Waals surface area (Å²) in [5.74, 6) is 5.38. The molecule has 0 aromatic carbocycles. The standard InChI is InChI=1S/C11H26N2OSi.C10H24N2OSi.C8H20N2OSi.C7H18N2OSi.C7H16N2O.2C6H14N2O.C6H12N2O.2C5H12N2O.C4H10N2O/c1-7-15(8-2,9-3)11(14)10(12-4)13(5)6;1-6-14(7-2,8-3)10(13)9(11)12(4)5;1-9-7(10(2)3)8(11)12(4,5)6;1-9(2)6(8)7(10)11(3,4)5;1-5-6(10)7(8-2)9(3)4;1-5(9)6(7-2)8(3)4;2*1-4-5(9)6(7)8(2)3;1-6-5(4-8)7(2)3;1-4(8)5(6)7(2)3;1-6(2)4(5)3-7/h11,14H,7-9H2,1-6H3;10-11,13H,6-8H2,1-5H3;8,11H,1-6H3;7-8,10H,1-5H3;6,10H,5H2,1-4H3;5,9H,1-4H3;5,7,9H,4H2,1-3H3;4-5,7,9H,1H2,2-3H3;8H,4H2,1-3H3;4,6,8H,1-3H3;5,7H,3H2,1-2H3. The van der Waals surface area contributed by atoms with Crippen LogP contribution in [0.15, 0.2) is 37.6 Å². The summed E-state index contributed by atoms with van der Waals surface area (Å²) in [6.07, 6.45) is -0.320. The Morgan fingerprint density at radius 1 is 0.321 bits per heavy atom. The Hall–Kier alpha value is -5.66. The quantitative estimate of drug-likeness (QED) is 0.0257. The van der Waals surface area contributed by atoms with Gasteiger partial charge in [0, 0.05) is 190 Å². The molecule has 0 amide bonds. The maximum absolute atomic E-state index is 10.5. The van der Waals surface area contributed by atoms with Crippen molar-refractivity contribution in [1.29, 1.82) is 32.5 Å². The normalized spacial score (nSPS) is 13.8. The van der Waals surface area contributed by atoms with Gasteiger partial charge in [0.25, 0.3) is 0 Å². The Labute approximate surface area is 687 Å². The van der Waals surface area contributed by atoms with Crippen molar-refractivity contribution in [1.82, 2.24) is 53.9 Å². The van der Waals surface area contributed by atoms with E-state index in [-0.39, 0.29) is 48.0 Å². The summed E-state index contributed by atoms with van der Waals surface area (Å²) in [5.41, 5.74) is -1.73. The lowest BCUT2D eigenvalue weighted by molar-refractivity contribution is 0.222. The molecular formula is C75H178N22O11Si4. The van der Waals surface area contributed by atoms with Gasteiger partial charge in [0.05, 0.1) is 43.7 Å². The average molecular weight is 1680 g/mol. The Morgan fingerprint density at radius 3 is 0.696 bits per heavy atom. The number of amidine groups is 11. The zero-order valence-corrected chi connectivity index (χ0v) is 83.1. The minimum atomic E-state index is -1.66. The molecule has 17 N–H and O–H groups in total. The number of hydrogen-bond acceptors (Lipinski definition) is 22. The number of rotatable bonds is 24. The third-order valence-electron chi connectivity index (χ3n) is 17.5. The maximum atomic E-state index is 10.5. The van der Waals surface area contributed by atoms with E-state index >= 15 is 0 Å². The topological polar surface area (TPSA) is 463 Å². The molecule has 0 aliphatic heterocycles. The van der Waals surface area contributed by atoms with Crippen molar-refractivity contribution >= 4 is 96.5 Å². The molecule has 0 rings (SSSR count). The molecule has 0 saturated carbocycles. The first-order chi connectivity index (χ1) is 50.9. The van der Waals surface area contributed by atoms with Gasteiger partial charge < -0.3 is 110 Å². The van der Waals surface area contributed by atoms with Crippen LogP contribution >= 0.6 is 0 Å². The predicted octanol–water partition coefficient (Wildman–Crippen LogP) is 5.16. The molecule has 0 fully saturated rings. The Bertz CT molecular complexity index is 2570. The molecule has 9 unspecified atom stereocenters. The highest BCUT2D eigenvalue weighted by molar-refractivity contribution is 6.84. The van der Waals surface area contributed by atoms with Crippen LogP contribution in [-0.4, -0.2) is 463 Å². The fourth-order valence-corrected chi connectivity index (χ4v) is 18.4. The second-order valence-corrected chi connectivity index (χ2v) is 51.9. The van der Waals surface area contributed by atoms with Crippen molar-refractivity contribution in [2.24, 2.45) is 25.0 Å². The SMILES string of the molecule is C=CC(O)C(=N)N(C)C.CC(O)C(=N)N(C)C.CCC(O)C(=N)N(C)C.CCC(O)C(=NC)N(C)C.CC[Si](CC)(CC)C(O)C(=N)N(C)C.CC[Si](CC)(CC)C(O)C(=NC)N(C)C.CN(C)C(=N)C(O)[Si](C)(C)C.CN(C)C(=N)CO.CN=C(C(C)O)N(C)C.CN=C(C(O)[Si](C)(C)C)N(C)C.CN=C(CO)N(C)C. The summed E-state index contributed by atoms with van der Waals surface area (Å²) >= 11 is 0. The fraction of sp³-hybridized carbons (Fsp3) is 0.827. The van der Waals surface area contributed by atoms with Crippen LogP contribution in [0.1, 0.15) is 82.1 Å². The van der Waals surface area contributed by atoms with Gasteiger partial charge in [-0.2, -0.15) is 0 Å². The first kappa shape index (κ1) is 130. The van der Waals surface area contributed by atoms with E-state index in [1.165, 1.54) is 11.0 Å². The number of aliphatic imine (C=N–C) groups is 5. The highest BCUT2D eigenvalue weighted by Gasteiger charge is 2.40. The van der Waals surface area contributed by atoms with Crippen LogP contribution in [0, 0.1) is 32.5 Å². The lowest BCUT2D eigenvalue weighted by Crippen LogP contribution is -2.53. The van der Waals surface area contributed by atoms with Crippen LogP contribution in [0.5, 0.6) is 0 Å². The summed E-state index contributed by atoms with van der Waals surface area (Å²) in [6.45, 7) is 35.8. The van der Waals surface area contributed by atoms with Crippen LogP contribution in [0.3, 0.4) is 0 Å². The van der Waals surface area contributed by atoms with Gasteiger partial charge in [-0.3, -0.25) is 57.4 Å². The van der Waals surface area contributed by atoms with Crippen LogP contribution in [-0.2, 0) is 0 Å². The lowest BCUT2D eigenvalue weighted by Gasteiger charge is -2.36. The van der Waals surface area contributed by atoms with E-state index in [4.69, 9.17) is 63.1 Å². The van der Waals surface area contributed by atoms with Gasteiger partial charge in [-0.25, -0.2) is 0 Å². The summed E-state index contributed by atoms with van der Waals surface area (Å²) < 4.78 is 0. The van der Waals surface area contributed by atoms with E-state index in [0.717, 1.165) is 53.8 Å². The molecule has 670 valence electrons. The van der Waals surface area contributed by atoms with Crippen molar-refractivity contribution in [2.45, 2.75) is 211 Å². The van der Waals surface area contributed by atoms with Crippen molar-refractivity contribution in [2.75, 3.05) is 204 Å². The molecule has 0 heterocycles. The van der Waals surface area contributed by atoms with E-state index in [1.807, 2.05) is 113 Å². The van der Waals surface area contributed by atoms with Crippen molar-refractivity contribution < 1.29 is 56.2 Å². The van der Waals surface area contributed by atoms with Gasteiger partial charge in [-0.1, -0.05) is 137 Å². The second kappa shape index (κ2) is 70.7. The molecular weight excluding hydrogens is 1500 g/mol. The van der Waals surface area contributed by atoms with Crippen LogP contribution in [0.25, 0.3) is 0 Å².